The van der Waals surface area contributed by atoms with Crippen LogP contribution in [0.3, 0.4) is 0 Å². The van der Waals surface area contributed by atoms with Gasteiger partial charge in [-0.25, -0.2) is 0 Å². The van der Waals surface area contributed by atoms with Crippen LogP contribution >= 0.6 is 11.8 Å². The molecule has 92 valence electrons. The Balaban J connectivity index is 1.80. The van der Waals surface area contributed by atoms with Crippen LogP contribution in [0, 0.1) is 0 Å². The summed E-state index contributed by atoms with van der Waals surface area (Å²) in [5.41, 5.74) is 6.00. The van der Waals surface area contributed by atoms with Crippen LogP contribution in [0.5, 0.6) is 0 Å². The SMILES string of the molecule is CC1CN(C(N)=NCC2CCCS2)CCO1. The van der Waals surface area contributed by atoms with Gasteiger partial charge in [-0.1, -0.05) is 0 Å². The molecule has 2 aliphatic rings. The zero-order valence-electron chi connectivity index (χ0n) is 9.89. The molecular formula is C11H21N3OS. The Morgan fingerprint density at radius 3 is 3.19 bits per heavy atom. The number of ether oxygens (including phenoxy) is 1. The smallest absolute Gasteiger partial charge is 0.191 e. The van der Waals surface area contributed by atoms with E-state index in [-0.39, 0.29) is 6.10 Å². The first-order valence-corrected chi connectivity index (χ1v) is 7.08. The third-order valence-corrected chi connectivity index (χ3v) is 4.43. The molecule has 0 bridgehead atoms. The van der Waals surface area contributed by atoms with Gasteiger partial charge < -0.3 is 15.4 Å². The van der Waals surface area contributed by atoms with Crippen molar-refractivity contribution in [3.8, 4) is 0 Å². The lowest BCUT2D eigenvalue weighted by molar-refractivity contribution is 0.00530. The largest absolute Gasteiger partial charge is 0.375 e. The van der Waals surface area contributed by atoms with E-state index in [4.69, 9.17) is 10.5 Å². The van der Waals surface area contributed by atoms with Crippen LogP contribution in [0.1, 0.15) is 19.8 Å². The predicted molar refractivity (Wildman–Crippen MR) is 69.0 cm³/mol. The normalized spacial score (nSPS) is 32.1. The van der Waals surface area contributed by atoms with Gasteiger partial charge in [0.25, 0.3) is 0 Å². The first-order valence-electron chi connectivity index (χ1n) is 6.04. The molecule has 2 rings (SSSR count). The molecule has 0 aromatic carbocycles. The van der Waals surface area contributed by atoms with Crippen molar-refractivity contribution in [3.05, 3.63) is 0 Å². The van der Waals surface area contributed by atoms with Gasteiger partial charge in [-0.15, -0.1) is 0 Å². The number of hydrogen-bond acceptors (Lipinski definition) is 3. The van der Waals surface area contributed by atoms with Crippen LogP contribution in [0.4, 0.5) is 0 Å². The predicted octanol–water partition coefficient (Wildman–Crippen LogP) is 0.917. The summed E-state index contributed by atoms with van der Waals surface area (Å²) in [5, 5.41) is 0.692. The van der Waals surface area contributed by atoms with Gasteiger partial charge in [0, 0.05) is 18.3 Å². The molecule has 0 amide bonds. The van der Waals surface area contributed by atoms with E-state index in [0.717, 1.165) is 26.2 Å². The van der Waals surface area contributed by atoms with Crippen molar-refractivity contribution in [2.24, 2.45) is 10.7 Å². The van der Waals surface area contributed by atoms with E-state index in [1.165, 1.54) is 18.6 Å². The Kier molecular flexibility index (Phi) is 4.35. The third-order valence-electron chi connectivity index (χ3n) is 3.05. The fourth-order valence-electron chi connectivity index (χ4n) is 2.11. The average Bonchev–Trinajstić information content (AvgIpc) is 2.78. The van der Waals surface area contributed by atoms with E-state index in [9.17, 15) is 0 Å². The van der Waals surface area contributed by atoms with Gasteiger partial charge in [-0.3, -0.25) is 4.99 Å². The maximum Gasteiger partial charge on any atom is 0.191 e. The molecule has 2 fully saturated rings. The van der Waals surface area contributed by atoms with Gasteiger partial charge in [-0.05, 0) is 25.5 Å². The molecule has 0 spiro atoms. The highest BCUT2D eigenvalue weighted by atomic mass is 32.2. The van der Waals surface area contributed by atoms with E-state index in [1.54, 1.807) is 0 Å². The van der Waals surface area contributed by atoms with E-state index in [1.807, 2.05) is 11.8 Å². The van der Waals surface area contributed by atoms with Crippen molar-refractivity contribution in [2.45, 2.75) is 31.1 Å². The van der Waals surface area contributed by atoms with Crippen molar-refractivity contribution in [2.75, 3.05) is 32.0 Å². The molecule has 2 heterocycles. The zero-order chi connectivity index (χ0) is 11.4. The first kappa shape index (κ1) is 12.0. The van der Waals surface area contributed by atoms with Gasteiger partial charge in [0.1, 0.15) is 0 Å². The second kappa shape index (κ2) is 5.77. The summed E-state index contributed by atoms with van der Waals surface area (Å²) >= 11 is 2.03. The zero-order valence-corrected chi connectivity index (χ0v) is 10.7. The van der Waals surface area contributed by atoms with Crippen LogP contribution in [-0.2, 0) is 4.74 Å². The van der Waals surface area contributed by atoms with Crippen LogP contribution in [0.2, 0.25) is 0 Å². The van der Waals surface area contributed by atoms with Crippen molar-refractivity contribution >= 4 is 17.7 Å². The highest BCUT2D eigenvalue weighted by Crippen LogP contribution is 2.26. The van der Waals surface area contributed by atoms with Gasteiger partial charge >= 0.3 is 0 Å². The summed E-state index contributed by atoms with van der Waals surface area (Å²) in [6, 6.07) is 0. The van der Waals surface area contributed by atoms with Crippen molar-refractivity contribution < 1.29 is 4.74 Å². The number of guanidine groups is 1. The Hall–Kier alpha value is -0.420. The monoisotopic (exact) mass is 243 g/mol. The van der Waals surface area contributed by atoms with E-state index < -0.39 is 0 Å². The molecule has 4 nitrogen and oxygen atoms in total. The van der Waals surface area contributed by atoms with Gasteiger partial charge in [0.05, 0.1) is 19.3 Å². The summed E-state index contributed by atoms with van der Waals surface area (Å²) in [6.07, 6.45) is 2.89. The Morgan fingerprint density at radius 1 is 1.62 bits per heavy atom. The molecule has 5 heteroatoms. The molecule has 0 aromatic rings. The minimum atomic E-state index is 0.267. The van der Waals surface area contributed by atoms with Crippen molar-refractivity contribution in [1.29, 1.82) is 0 Å². The molecule has 2 unspecified atom stereocenters. The Morgan fingerprint density at radius 2 is 2.50 bits per heavy atom. The number of nitrogens with zero attached hydrogens (tertiary/aromatic N) is 2. The highest BCUT2D eigenvalue weighted by molar-refractivity contribution is 8.00. The van der Waals surface area contributed by atoms with E-state index >= 15 is 0 Å². The fraction of sp³-hybridized carbons (Fsp3) is 0.909. The minimum Gasteiger partial charge on any atom is -0.375 e. The average molecular weight is 243 g/mol. The van der Waals surface area contributed by atoms with Crippen LogP contribution in [-0.4, -0.2) is 54.2 Å². The van der Waals surface area contributed by atoms with Gasteiger partial charge in [-0.2, -0.15) is 11.8 Å². The molecule has 2 N–H and O–H groups in total. The summed E-state index contributed by atoms with van der Waals surface area (Å²) < 4.78 is 5.48. The number of aliphatic imine (C=N–C) groups is 1. The lowest BCUT2D eigenvalue weighted by Gasteiger charge is -2.31. The van der Waals surface area contributed by atoms with Crippen LogP contribution < -0.4 is 5.73 Å². The van der Waals surface area contributed by atoms with Gasteiger partial charge in [0.2, 0.25) is 0 Å². The molecule has 0 aliphatic carbocycles. The molecule has 16 heavy (non-hydrogen) atoms. The lowest BCUT2D eigenvalue weighted by Crippen LogP contribution is -2.48. The highest BCUT2D eigenvalue weighted by Gasteiger charge is 2.19. The lowest BCUT2D eigenvalue weighted by atomic mass is 10.2. The number of nitrogens with two attached hydrogens (primary N) is 1. The molecule has 0 aromatic heterocycles. The number of thioether (sulfide) groups is 1. The number of morpholine rings is 1. The molecule has 2 aliphatic heterocycles. The molecule has 2 atom stereocenters. The Bertz CT molecular complexity index is 254. The summed E-state index contributed by atoms with van der Waals surface area (Å²) in [7, 11) is 0. The maximum absolute atomic E-state index is 6.00. The molecular weight excluding hydrogens is 222 g/mol. The fourth-order valence-corrected chi connectivity index (χ4v) is 3.29. The first-order chi connectivity index (χ1) is 7.75. The topological polar surface area (TPSA) is 50.8 Å². The molecule has 2 saturated heterocycles. The van der Waals surface area contributed by atoms with Crippen LogP contribution in [0.15, 0.2) is 4.99 Å². The summed E-state index contributed by atoms with van der Waals surface area (Å²) in [4.78, 5) is 6.64. The van der Waals surface area contributed by atoms with Crippen molar-refractivity contribution in [1.82, 2.24) is 4.90 Å². The molecule has 0 saturated carbocycles. The Labute approximate surface area is 102 Å². The summed E-state index contributed by atoms with van der Waals surface area (Å²) in [5.74, 6) is 1.98. The number of rotatable bonds is 2. The van der Waals surface area contributed by atoms with Gasteiger partial charge in [0.15, 0.2) is 5.96 Å². The van der Waals surface area contributed by atoms with Crippen LogP contribution in [0.25, 0.3) is 0 Å². The second-order valence-corrected chi connectivity index (χ2v) is 5.87. The molecule has 0 radical (unpaired) electrons. The maximum atomic E-state index is 6.00. The quantitative estimate of drug-likeness (QED) is 0.579. The number of hydrogen-bond donors (Lipinski definition) is 1. The second-order valence-electron chi connectivity index (χ2n) is 4.46. The minimum absolute atomic E-state index is 0.267. The van der Waals surface area contributed by atoms with E-state index in [2.05, 4.69) is 16.8 Å². The third kappa shape index (κ3) is 3.28. The van der Waals surface area contributed by atoms with Crippen molar-refractivity contribution in [3.63, 3.8) is 0 Å². The standard InChI is InChI=1S/C11H21N3OS/c1-9-8-14(4-5-15-9)11(12)13-7-10-3-2-6-16-10/h9-10H,2-8H2,1H3,(H2,12,13). The van der Waals surface area contributed by atoms with E-state index in [0.29, 0.717) is 11.2 Å². The summed E-state index contributed by atoms with van der Waals surface area (Å²) in [6.45, 7) is 5.45.